The molecular formula is C12H22O2Si. The highest BCUT2D eigenvalue weighted by Crippen LogP contribution is 2.35. The van der Waals surface area contributed by atoms with Gasteiger partial charge in [-0.25, -0.2) is 0 Å². The average molecular weight is 226 g/mol. The Bertz CT molecular complexity index is 288. The molecule has 1 rings (SSSR count). The molecule has 1 aliphatic carbocycles. The predicted molar refractivity (Wildman–Crippen MR) is 65.9 cm³/mol. The van der Waals surface area contributed by atoms with E-state index in [2.05, 4.69) is 26.5 Å². The molecule has 0 bridgehead atoms. The van der Waals surface area contributed by atoms with Crippen LogP contribution >= 0.6 is 0 Å². The second kappa shape index (κ2) is 5.10. The highest BCUT2D eigenvalue weighted by molar-refractivity contribution is 6.74. The van der Waals surface area contributed by atoms with Crippen molar-refractivity contribution in [2.75, 3.05) is 14.2 Å². The minimum Gasteiger partial charge on any atom is -0.395 e. The fourth-order valence-electron chi connectivity index (χ4n) is 2.13. The molecule has 0 heterocycles. The Morgan fingerprint density at radius 2 is 1.93 bits per heavy atom. The van der Waals surface area contributed by atoms with Crippen LogP contribution in [0.15, 0.2) is 22.4 Å². The summed E-state index contributed by atoms with van der Waals surface area (Å²) in [6.45, 7) is 6.54. The first-order chi connectivity index (χ1) is 7.09. The average Bonchev–Trinajstić information content (AvgIpc) is 2.61. The molecule has 0 fully saturated rings. The van der Waals surface area contributed by atoms with Gasteiger partial charge in [0.05, 0.1) is 0 Å². The van der Waals surface area contributed by atoms with Crippen LogP contribution in [0.2, 0.25) is 6.55 Å². The number of hydrogen-bond donors (Lipinski definition) is 0. The topological polar surface area (TPSA) is 18.5 Å². The maximum absolute atomic E-state index is 5.62. The maximum Gasteiger partial charge on any atom is 0.365 e. The molecule has 0 aromatic rings. The molecule has 0 N–H and O–H groups in total. The first-order valence-electron chi connectivity index (χ1n) is 5.59. The molecule has 0 saturated carbocycles. The van der Waals surface area contributed by atoms with E-state index in [-0.39, 0.29) is 0 Å². The summed E-state index contributed by atoms with van der Waals surface area (Å²) in [5.41, 5.74) is 2.90. The molecule has 0 saturated heterocycles. The lowest BCUT2D eigenvalue weighted by molar-refractivity contribution is 0.259. The third-order valence-electron chi connectivity index (χ3n) is 3.28. The van der Waals surface area contributed by atoms with Gasteiger partial charge in [0.2, 0.25) is 0 Å². The van der Waals surface area contributed by atoms with Crippen molar-refractivity contribution in [3.8, 4) is 0 Å². The first kappa shape index (κ1) is 12.7. The Kier molecular flexibility index (Phi) is 4.31. The zero-order chi connectivity index (χ0) is 11.5. The van der Waals surface area contributed by atoms with Crippen molar-refractivity contribution < 1.29 is 8.85 Å². The zero-order valence-corrected chi connectivity index (χ0v) is 11.5. The molecule has 0 spiro atoms. The fraction of sp³-hybridized carbons (Fsp3) is 0.667. The fourth-order valence-corrected chi connectivity index (χ4v) is 4.13. The number of rotatable bonds is 5. The molecule has 15 heavy (non-hydrogen) atoms. The van der Waals surface area contributed by atoms with E-state index in [1.165, 1.54) is 22.8 Å². The Morgan fingerprint density at radius 3 is 2.40 bits per heavy atom. The standard InChI is InChI=1S/C12H22O2Si/c1-6-7-11-10(2)8-9-12(11)15(5,13-3)14-4/h8H,6-7,9H2,1-5H3. The Labute approximate surface area is 94.2 Å². The molecule has 0 radical (unpaired) electrons. The van der Waals surface area contributed by atoms with Crippen molar-refractivity contribution in [1.82, 2.24) is 0 Å². The quantitative estimate of drug-likeness (QED) is 0.669. The predicted octanol–water partition coefficient (Wildman–Crippen LogP) is 3.34. The summed E-state index contributed by atoms with van der Waals surface area (Å²) in [5.74, 6) is 0. The molecule has 1 aliphatic rings. The highest BCUT2D eigenvalue weighted by atomic mass is 28.4. The zero-order valence-electron chi connectivity index (χ0n) is 10.5. The van der Waals surface area contributed by atoms with Crippen LogP contribution in [0.5, 0.6) is 0 Å². The summed E-state index contributed by atoms with van der Waals surface area (Å²) in [6, 6.07) is 0. The lowest BCUT2D eigenvalue weighted by atomic mass is 10.1. The van der Waals surface area contributed by atoms with Gasteiger partial charge in [0, 0.05) is 14.2 Å². The van der Waals surface area contributed by atoms with Gasteiger partial charge in [-0.15, -0.1) is 0 Å². The van der Waals surface area contributed by atoms with Crippen molar-refractivity contribution in [1.29, 1.82) is 0 Å². The van der Waals surface area contributed by atoms with Gasteiger partial charge in [-0.3, -0.25) is 0 Å². The van der Waals surface area contributed by atoms with Gasteiger partial charge in [-0.05, 0) is 37.1 Å². The molecule has 0 amide bonds. The van der Waals surface area contributed by atoms with Crippen LogP contribution in [0.3, 0.4) is 0 Å². The van der Waals surface area contributed by atoms with E-state index >= 15 is 0 Å². The Hall–Kier alpha value is -0.383. The third-order valence-corrected chi connectivity index (χ3v) is 6.44. The molecule has 0 aromatic heterocycles. The largest absolute Gasteiger partial charge is 0.395 e. The molecule has 0 atom stereocenters. The van der Waals surface area contributed by atoms with Crippen LogP contribution in [0.1, 0.15) is 33.1 Å². The molecular weight excluding hydrogens is 204 g/mol. The minimum absolute atomic E-state index is 1.02. The van der Waals surface area contributed by atoms with Crippen molar-refractivity contribution in [2.24, 2.45) is 0 Å². The van der Waals surface area contributed by atoms with Gasteiger partial charge in [0.25, 0.3) is 0 Å². The molecule has 0 aliphatic heterocycles. The first-order valence-corrected chi connectivity index (χ1v) is 7.90. The Morgan fingerprint density at radius 1 is 1.33 bits per heavy atom. The van der Waals surface area contributed by atoms with E-state index in [9.17, 15) is 0 Å². The van der Waals surface area contributed by atoms with Crippen LogP contribution in [0.4, 0.5) is 0 Å². The van der Waals surface area contributed by atoms with Gasteiger partial charge >= 0.3 is 8.56 Å². The number of allylic oxidation sites excluding steroid dienone is 4. The summed E-state index contributed by atoms with van der Waals surface area (Å²) < 4.78 is 11.2. The van der Waals surface area contributed by atoms with Crippen LogP contribution in [0, 0.1) is 0 Å². The van der Waals surface area contributed by atoms with E-state index in [0.717, 1.165) is 12.8 Å². The minimum atomic E-state index is -2.08. The van der Waals surface area contributed by atoms with Crippen LogP contribution in [-0.4, -0.2) is 22.8 Å². The third kappa shape index (κ3) is 2.41. The summed E-state index contributed by atoms with van der Waals surface area (Å²) in [6.07, 6.45) is 5.64. The van der Waals surface area contributed by atoms with E-state index in [1.54, 1.807) is 14.2 Å². The van der Waals surface area contributed by atoms with E-state index in [1.807, 2.05) is 0 Å². The van der Waals surface area contributed by atoms with E-state index in [4.69, 9.17) is 8.85 Å². The lowest BCUT2D eigenvalue weighted by Gasteiger charge is -2.26. The van der Waals surface area contributed by atoms with Crippen LogP contribution in [-0.2, 0) is 8.85 Å². The smallest absolute Gasteiger partial charge is 0.365 e. The van der Waals surface area contributed by atoms with Crippen molar-refractivity contribution >= 4 is 8.56 Å². The second-order valence-corrected chi connectivity index (χ2v) is 7.46. The monoisotopic (exact) mass is 226 g/mol. The summed E-state index contributed by atoms with van der Waals surface area (Å²) in [5, 5.41) is 1.42. The van der Waals surface area contributed by atoms with Crippen molar-refractivity contribution in [3.63, 3.8) is 0 Å². The van der Waals surface area contributed by atoms with Crippen molar-refractivity contribution in [2.45, 2.75) is 39.7 Å². The number of hydrogen-bond acceptors (Lipinski definition) is 2. The molecule has 0 unspecified atom stereocenters. The second-order valence-electron chi connectivity index (χ2n) is 4.15. The summed E-state index contributed by atoms with van der Waals surface area (Å²) >= 11 is 0. The van der Waals surface area contributed by atoms with Gasteiger partial charge in [0.1, 0.15) is 0 Å². The van der Waals surface area contributed by atoms with E-state index in [0.29, 0.717) is 0 Å². The summed E-state index contributed by atoms with van der Waals surface area (Å²) in [4.78, 5) is 0. The van der Waals surface area contributed by atoms with Crippen molar-refractivity contribution in [3.05, 3.63) is 22.4 Å². The van der Waals surface area contributed by atoms with E-state index < -0.39 is 8.56 Å². The maximum atomic E-state index is 5.62. The van der Waals surface area contributed by atoms with Crippen LogP contribution < -0.4 is 0 Å². The highest BCUT2D eigenvalue weighted by Gasteiger charge is 2.37. The van der Waals surface area contributed by atoms with Crippen LogP contribution in [0.25, 0.3) is 0 Å². The Balaban J connectivity index is 3.02. The lowest BCUT2D eigenvalue weighted by Crippen LogP contribution is -2.39. The van der Waals surface area contributed by atoms with Gasteiger partial charge in [-0.2, -0.15) is 0 Å². The van der Waals surface area contributed by atoms with Gasteiger partial charge in [-0.1, -0.05) is 25.0 Å². The molecule has 2 nitrogen and oxygen atoms in total. The molecule has 86 valence electrons. The van der Waals surface area contributed by atoms with Gasteiger partial charge < -0.3 is 8.85 Å². The normalized spacial score (nSPS) is 17.3. The van der Waals surface area contributed by atoms with Gasteiger partial charge in [0.15, 0.2) is 0 Å². The molecule has 0 aromatic carbocycles. The molecule has 3 heteroatoms. The summed E-state index contributed by atoms with van der Waals surface area (Å²) in [7, 11) is 1.45. The SMILES string of the molecule is CCCC1=C([Si](C)(OC)OC)CC=C1C.